The summed E-state index contributed by atoms with van der Waals surface area (Å²) >= 11 is 0. The molecule has 0 bridgehead atoms. The average Bonchev–Trinajstić information content (AvgIpc) is 2.68. The van der Waals surface area contributed by atoms with Crippen molar-refractivity contribution in [3.63, 3.8) is 0 Å². The number of carbonyl (C=O) groups excluding carboxylic acids is 1. The zero-order valence-corrected chi connectivity index (χ0v) is 15.1. The molecule has 0 aliphatic rings. The van der Waals surface area contributed by atoms with Gasteiger partial charge < -0.3 is 19.9 Å². The topological polar surface area (TPSA) is 109 Å². The summed E-state index contributed by atoms with van der Waals surface area (Å²) in [4.78, 5) is 23.2. The fourth-order valence-electron chi connectivity index (χ4n) is 2.16. The summed E-state index contributed by atoms with van der Waals surface area (Å²) in [5, 5.41) is 20.7. The molecule has 0 fully saturated rings. The van der Waals surface area contributed by atoms with Crippen LogP contribution in [-0.4, -0.2) is 30.2 Å². The van der Waals surface area contributed by atoms with Gasteiger partial charge in [0.15, 0.2) is 17.6 Å². The van der Waals surface area contributed by atoms with Crippen molar-refractivity contribution in [2.75, 3.05) is 12.4 Å². The Bertz CT molecular complexity index is 948. The molecule has 1 atom stereocenters. The summed E-state index contributed by atoms with van der Waals surface area (Å²) in [7, 11) is 1.38. The van der Waals surface area contributed by atoms with Gasteiger partial charge in [0.1, 0.15) is 17.5 Å². The van der Waals surface area contributed by atoms with E-state index in [2.05, 4.69) is 5.32 Å². The Morgan fingerprint density at radius 1 is 1.21 bits per heavy atom. The van der Waals surface area contributed by atoms with Crippen molar-refractivity contribution in [1.82, 2.24) is 0 Å². The summed E-state index contributed by atoms with van der Waals surface area (Å²) in [6.07, 6.45) is 0.262. The lowest BCUT2D eigenvalue weighted by Crippen LogP contribution is -2.23. The minimum absolute atomic E-state index is 0.182. The van der Waals surface area contributed by atoms with E-state index in [0.29, 0.717) is 11.3 Å². The Labute approximate surface area is 160 Å². The molecule has 0 saturated carbocycles. The largest absolute Gasteiger partial charge is 0.493 e. The van der Waals surface area contributed by atoms with Crippen molar-refractivity contribution in [2.45, 2.75) is 13.0 Å². The second-order valence-electron chi connectivity index (χ2n) is 5.64. The molecule has 0 aliphatic heterocycles. The van der Waals surface area contributed by atoms with Gasteiger partial charge in [0.2, 0.25) is 0 Å². The number of carboxylic acids is 1. The molecule has 2 N–H and O–H groups in total. The highest BCUT2D eigenvalue weighted by Crippen LogP contribution is 2.30. The minimum Gasteiger partial charge on any atom is -0.493 e. The molecule has 0 aliphatic carbocycles. The Balaban J connectivity index is 2.23. The summed E-state index contributed by atoms with van der Waals surface area (Å²) in [6, 6.07) is 11.5. The van der Waals surface area contributed by atoms with Gasteiger partial charge in [0, 0.05) is 5.69 Å². The molecule has 7 nitrogen and oxygen atoms in total. The number of nitrogens with one attached hydrogen (secondary N) is 1. The summed E-state index contributed by atoms with van der Waals surface area (Å²) < 4.78 is 23.4. The van der Waals surface area contributed by atoms with Gasteiger partial charge in [-0.1, -0.05) is 6.07 Å². The maximum atomic E-state index is 12.9. The van der Waals surface area contributed by atoms with Gasteiger partial charge in [0.05, 0.1) is 7.11 Å². The number of methoxy groups -OCH3 is 1. The predicted molar refractivity (Wildman–Crippen MR) is 99.3 cm³/mol. The third-order valence-corrected chi connectivity index (χ3v) is 3.62. The van der Waals surface area contributed by atoms with Gasteiger partial charge in [-0.05, 0) is 55.0 Å². The second-order valence-corrected chi connectivity index (χ2v) is 5.64. The smallest absolute Gasteiger partial charge is 0.344 e. The molecule has 0 saturated heterocycles. The van der Waals surface area contributed by atoms with Crippen molar-refractivity contribution >= 4 is 23.6 Å². The lowest BCUT2D eigenvalue weighted by molar-refractivity contribution is -0.144. The van der Waals surface area contributed by atoms with Crippen LogP contribution in [0.3, 0.4) is 0 Å². The molecular weight excluding hydrogens is 367 g/mol. The number of carboxylic acid groups (broad SMARTS) is 1. The van der Waals surface area contributed by atoms with Crippen molar-refractivity contribution in [3.8, 4) is 17.6 Å². The van der Waals surface area contributed by atoms with Gasteiger partial charge in [-0.15, -0.1) is 0 Å². The first-order valence-corrected chi connectivity index (χ1v) is 8.10. The van der Waals surface area contributed by atoms with Crippen molar-refractivity contribution < 1.29 is 28.6 Å². The maximum absolute atomic E-state index is 12.9. The van der Waals surface area contributed by atoms with Crippen LogP contribution in [0.15, 0.2) is 48.0 Å². The molecule has 28 heavy (non-hydrogen) atoms. The third kappa shape index (κ3) is 5.32. The van der Waals surface area contributed by atoms with Crippen LogP contribution in [0.25, 0.3) is 6.08 Å². The SMILES string of the molecule is COc1cc(/C=C(/C#N)C(=O)Nc2ccc(F)cc2)ccc1O[C@@H](C)C(=O)O. The van der Waals surface area contributed by atoms with E-state index in [1.54, 1.807) is 12.1 Å². The number of halogens is 1. The van der Waals surface area contributed by atoms with E-state index < -0.39 is 23.8 Å². The van der Waals surface area contributed by atoms with E-state index in [1.807, 2.05) is 0 Å². The van der Waals surface area contributed by atoms with E-state index in [0.717, 1.165) is 0 Å². The fourth-order valence-corrected chi connectivity index (χ4v) is 2.16. The molecular formula is C20H17FN2O5. The first kappa shape index (κ1) is 20.5. The number of anilines is 1. The summed E-state index contributed by atoms with van der Waals surface area (Å²) in [6.45, 7) is 1.38. The highest BCUT2D eigenvalue weighted by Gasteiger charge is 2.16. The molecule has 144 valence electrons. The third-order valence-electron chi connectivity index (χ3n) is 3.62. The van der Waals surface area contributed by atoms with Gasteiger partial charge >= 0.3 is 5.97 Å². The standard InChI is InChI=1S/C20H17FN2O5/c1-12(20(25)26)28-17-8-3-13(10-18(17)27-2)9-14(11-22)19(24)23-16-6-4-15(21)5-7-16/h3-10,12H,1-2H3,(H,23,24)(H,25,26)/b14-9-/t12-/m0/s1. The quantitative estimate of drug-likeness (QED) is 0.560. The average molecular weight is 384 g/mol. The number of nitriles is 1. The molecule has 1 amide bonds. The number of benzene rings is 2. The Kier molecular flexibility index (Phi) is 6.71. The molecule has 0 spiro atoms. The van der Waals surface area contributed by atoms with E-state index in [4.69, 9.17) is 14.6 Å². The lowest BCUT2D eigenvalue weighted by atomic mass is 10.1. The Morgan fingerprint density at radius 3 is 2.46 bits per heavy atom. The fraction of sp³-hybridized carbons (Fsp3) is 0.150. The maximum Gasteiger partial charge on any atom is 0.344 e. The number of carbonyl (C=O) groups is 2. The van der Waals surface area contributed by atoms with Crippen LogP contribution in [0.5, 0.6) is 11.5 Å². The van der Waals surface area contributed by atoms with Crippen LogP contribution >= 0.6 is 0 Å². The van der Waals surface area contributed by atoms with Crippen LogP contribution in [0, 0.1) is 17.1 Å². The molecule has 2 aromatic rings. The molecule has 2 aromatic carbocycles. The van der Waals surface area contributed by atoms with Crippen LogP contribution < -0.4 is 14.8 Å². The monoisotopic (exact) mass is 384 g/mol. The number of ether oxygens (including phenoxy) is 2. The Hall–Kier alpha value is -3.86. The second kappa shape index (κ2) is 9.19. The van der Waals surface area contributed by atoms with Crippen LogP contribution in [0.2, 0.25) is 0 Å². The molecule has 8 heteroatoms. The highest BCUT2D eigenvalue weighted by molar-refractivity contribution is 6.09. The van der Waals surface area contributed by atoms with Crippen molar-refractivity contribution in [2.24, 2.45) is 0 Å². The summed E-state index contributed by atoms with van der Waals surface area (Å²) in [5.74, 6) is -1.77. The Morgan fingerprint density at radius 2 is 1.89 bits per heavy atom. The van der Waals surface area contributed by atoms with Gasteiger partial charge in [0.25, 0.3) is 5.91 Å². The minimum atomic E-state index is -1.13. The van der Waals surface area contributed by atoms with Crippen molar-refractivity contribution in [1.29, 1.82) is 5.26 Å². The van der Waals surface area contributed by atoms with E-state index in [-0.39, 0.29) is 17.1 Å². The van der Waals surface area contributed by atoms with Gasteiger partial charge in [-0.3, -0.25) is 4.79 Å². The molecule has 0 heterocycles. The number of rotatable bonds is 7. The zero-order chi connectivity index (χ0) is 20.7. The zero-order valence-electron chi connectivity index (χ0n) is 15.1. The number of hydrogen-bond donors (Lipinski definition) is 2. The number of hydrogen-bond acceptors (Lipinski definition) is 5. The highest BCUT2D eigenvalue weighted by atomic mass is 19.1. The number of amides is 1. The summed E-state index contributed by atoms with van der Waals surface area (Å²) in [5.41, 5.74) is 0.633. The van der Waals surface area contributed by atoms with E-state index in [9.17, 15) is 19.2 Å². The first-order valence-electron chi connectivity index (χ1n) is 8.10. The van der Waals surface area contributed by atoms with Gasteiger partial charge in [-0.25, -0.2) is 9.18 Å². The molecule has 0 unspecified atom stereocenters. The van der Waals surface area contributed by atoms with Crippen LogP contribution in [0.1, 0.15) is 12.5 Å². The van der Waals surface area contributed by atoms with E-state index >= 15 is 0 Å². The van der Waals surface area contributed by atoms with Gasteiger partial charge in [-0.2, -0.15) is 5.26 Å². The predicted octanol–water partition coefficient (Wildman–Crippen LogP) is 3.23. The normalized spacial score (nSPS) is 11.9. The first-order chi connectivity index (χ1) is 13.3. The molecule has 2 rings (SSSR count). The molecule has 0 radical (unpaired) electrons. The number of nitrogens with zero attached hydrogens (tertiary/aromatic N) is 1. The lowest BCUT2D eigenvalue weighted by Gasteiger charge is -2.14. The number of aliphatic carboxylic acids is 1. The van der Waals surface area contributed by atoms with E-state index in [1.165, 1.54) is 56.5 Å². The van der Waals surface area contributed by atoms with Crippen LogP contribution in [-0.2, 0) is 9.59 Å². The molecule has 0 aromatic heterocycles. The van der Waals surface area contributed by atoms with Crippen LogP contribution in [0.4, 0.5) is 10.1 Å². The van der Waals surface area contributed by atoms with Crippen molar-refractivity contribution in [3.05, 3.63) is 59.4 Å².